The van der Waals surface area contributed by atoms with Crippen molar-refractivity contribution in [2.75, 3.05) is 18.6 Å². The quantitative estimate of drug-likeness (QED) is 0.252. The van der Waals surface area contributed by atoms with Crippen LogP contribution < -0.4 is 10.6 Å². The van der Waals surface area contributed by atoms with Gasteiger partial charge in [-0.15, -0.1) is 0 Å². The SMILES string of the molecule is CCCCCCN(C(=O)C(CCSC)NC(=O)OC(C)(C)C)C(C(=O)NC1CCCCC1)c1ccccc1C. The van der Waals surface area contributed by atoms with Gasteiger partial charge < -0.3 is 20.3 Å². The number of unbranched alkanes of at least 4 members (excludes halogenated alkanes) is 3. The molecular formula is C31H51N3O4S. The Bertz CT molecular complexity index is 911. The predicted molar refractivity (Wildman–Crippen MR) is 161 cm³/mol. The number of alkyl carbamates (subject to hydrolysis) is 1. The Morgan fingerprint density at radius 3 is 2.38 bits per heavy atom. The van der Waals surface area contributed by atoms with Crippen LogP contribution in [-0.4, -0.2) is 59.0 Å². The maximum absolute atomic E-state index is 14.3. The van der Waals surface area contributed by atoms with Gasteiger partial charge in [-0.2, -0.15) is 11.8 Å². The highest BCUT2D eigenvalue weighted by atomic mass is 32.2. The van der Waals surface area contributed by atoms with Crippen molar-refractivity contribution in [3.05, 3.63) is 35.4 Å². The van der Waals surface area contributed by atoms with Gasteiger partial charge in [0, 0.05) is 12.6 Å². The van der Waals surface area contributed by atoms with E-state index in [0.717, 1.165) is 62.5 Å². The molecular weight excluding hydrogens is 510 g/mol. The van der Waals surface area contributed by atoms with E-state index >= 15 is 0 Å². The lowest BCUT2D eigenvalue weighted by molar-refractivity contribution is -0.143. The molecule has 3 amide bonds. The van der Waals surface area contributed by atoms with E-state index in [1.807, 2.05) is 37.4 Å². The van der Waals surface area contributed by atoms with E-state index in [1.165, 1.54) is 6.42 Å². The standard InChI is InChI=1S/C31H51N3O4S/c1-7-8-9-15-21-34(29(36)26(20-22-39-6)33-30(37)38-31(3,4)5)27(25-19-14-13-16-23(25)2)28(35)32-24-17-11-10-12-18-24/h13-14,16,19,24,26-27H,7-12,15,17-18,20-22H2,1-6H3,(H,32,35)(H,33,37). The van der Waals surface area contributed by atoms with Crippen molar-refractivity contribution in [1.29, 1.82) is 0 Å². The van der Waals surface area contributed by atoms with Crippen molar-refractivity contribution in [3.8, 4) is 0 Å². The van der Waals surface area contributed by atoms with E-state index in [9.17, 15) is 14.4 Å². The Morgan fingerprint density at radius 1 is 1.08 bits per heavy atom. The molecule has 0 heterocycles. The third-order valence-corrected chi connectivity index (χ3v) is 7.77. The van der Waals surface area contributed by atoms with E-state index in [4.69, 9.17) is 4.74 Å². The molecule has 1 aliphatic carbocycles. The molecule has 2 N–H and O–H groups in total. The number of thioether (sulfide) groups is 1. The number of hydrogen-bond donors (Lipinski definition) is 2. The van der Waals surface area contributed by atoms with E-state index in [1.54, 1.807) is 37.4 Å². The van der Waals surface area contributed by atoms with Crippen LogP contribution >= 0.6 is 11.8 Å². The van der Waals surface area contributed by atoms with Gasteiger partial charge in [0.25, 0.3) is 0 Å². The van der Waals surface area contributed by atoms with Crippen LogP contribution in [0.1, 0.15) is 109 Å². The third kappa shape index (κ3) is 11.4. The average molecular weight is 562 g/mol. The molecule has 220 valence electrons. The summed E-state index contributed by atoms with van der Waals surface area (Å²) < 4.78 is 5.50. The van der Waals surface area contributed by atoms with Crippen molar-refractivity contribution in [3.63, 3.8) is 0 Å². The molecule has 39 heavy (non-hydrogen) atoms. The van der Waals surface area contributed by atoms with Crippen LogP contribution in [0.15, 0.2) is 24.3 Å². The largest absolute Gasteiger partial charge is 0.444 e. The van der Waals surface area contributed by atoms with E-state index in [0.29, 0.717) is 18.7 Å². The molecule has 1 fully saturated rings. The minimum absolute atomic E-state index is 0.127. The van der Waals surface area contributed by atoms with Crippen LogP contribution in [0, 0.1) is 6.92 Å². The normalized spacial score (nSPS) is 15.7. The number of ether oxygens (including phenoxy) is 1. The van der Waals surface area contributed by atoms with Gasteiger partial charge in [-0.1, -0.05) is 69.7 Å². The van der Waals surface area contributed by atoms with Gasteiger partial charge in [0.2, 0.25) is 11.8 Å². The third-order valence-electron chi connectivity index (χ3n) is 7.13. The van der Waals surface area contributed by atoms with Crippen LogP contribution in [-0.2, 0) is 14.3 Å². The Morgan fingerprint density at radius 2 is 1.77 bits per heavy atom. The van der Waals surface area contributed by atoms with Crippen molar-refractivity contribution in [2.24, 2.45) is 0 Å². The lowest BCUT2D eigenvalue weighted by atomic mass is 9.93. The molecule has 0 aromatic heterocycles. The second-order valence-corrected chi connectivity index (χ2v) is 12.7. The lowest BCUT2D eigenvalue weighted by Gasteiger charge is -2.36. The first-order valence-corrected chi connectivity index (χ1v) is 16.1. The van der Waals surface area contributed by atoms with Crippen LogP contribution in [0.25, 0.3) is 0 Å². The second-order valence-electron chi connectivity index (χ2n) is 11.7. The van der Waals surface area contributed by atoms with Crippen LogP contribution in [0.3, 0.4) is 0 Å². The first-order chi connectivity index (χ1) is 18.6. The molecule has 1 aliphatic rings. The minimum Gasteiger partial charge on any atom is -0.444 e. The van der Waals surface area contributed by atoms with Gasteiger partial charge in [0.15, 0.2) is 0 Å². The first-order valence-electron chi connectivity index (χ1n) is 14.7. The Hall–Kier alpha value is -2.22. The molecule has 2 rings (SSSR count). The summed E-state index contributed by atoms with van der Waals surface area (Å²) in [7, 11) is 0. The van der Waals surface area contributed by atoms with Crippen LogP contribution in [0.2, 0.25) is 0 Å². The maximum Gasteiger partial charge on any atom is 0.408 e. The molecule has 0 bridgehead atoms. The van der Waals surface area contributed by atoms with Gasteiger partial charge in [-0.25, -0.2) is 4.79 Å². The van der Waals surface area contributed by atoms with E-state index < -0.39 is 23.8 Å². The van der Waals surface area contributed by atoms with Gasteiger partial charge in [0.05, 0.1) is 0 Å². The average Bonchev–Trinajstić information content (AvgIpc) is 2.88. The zero-order valence-corrected chi connectivity index (χ0v) is 25.8. The topological polar surface area (TPSA) is 87.7 Å². The number of carbonyl (C=O) groups excluding carboxylic acids is 3. The first kappa shape index (κ1) is 33.0. The van der Waals surface area contributed by atoms with Crippen molar-refractivity contribution < 1.29 is 19.1 Å². The number of amides is 3. The zero-order valence-electron chi connectivity index (χ0n) is 25.0. The van der Waals surface area contributed by atoms with Gasteiger partial charge in [0.1, 0.15) is 17.7 Å². The Labute approximate surface area is 240 Å². The number of nitrogens with zero attached hydrogens (tertiary/aromatic N) is 1. The highest BCUT2D eigenvalue weighted by Crippen LogP contribution is 2.28. The summed E-state index contributed by atoms with van der Waals surface area (Å²) in [5.74, 6) is 0.318. The van der Waals surface area contributed by atoms with Crippen molar-refractivity contribution >= 4 is 29.7 Å². The summed E-state index contributed by atoms with van der Waals surface area (Å²) >= 11 is 1.62. The monoisotopic (exact) mass is 561 g/mol. The molecule has 2 unspecified atom stereocenters. The number of aryl methyl sites for hydroxylation is 1. The van der Waals surface area contributed by atoms with Crippen LogP contribution in [0.5, 0.6) is 0 Å². The van der Waals surface area contributed by atoms with E-state index in [-0.39, 0.29) is 17.9 Å². The minimum atomic E-state index is -0.785. The number of nitrogens with one attached hydrogen (secondary N) is 2. The molecule has 8 heteroatoms. The number of rotatable bonds is 14. The summed E-state index contributed by atoms with van der Waals surface area (Å²) in [5.41, 5.74) is 1.12. The fourth-order valence-corrected chi connectivity index (χ4v) is 5.56. The fraction of sp³-hybridized carbons (Fsp3) is 0.710. The fourth-order valence-electron chi connectivity index (χ4n) is 5.09. The summed E-state index contributed by atoms with van der Waals surface area (Å²) in [6.07, 6.45) is 11.1. The smallest absolute Gasteiger partial charge is 0.408 e. The van der Waals surface area contributed by atoms with Gasteiger partial charge >= 0.3 is 6.09 Å². The maximum atomic E-state index is 14.3. The lowest BCUT2D eigenvalue weighted by Crippen LogP contribution is -2.54. The molecule has 0 spiro atoms. The van der Waals surface area contributed by atoms with Gasteiger partial charge in [-0.3, -0.25) is 9.59 Å². The highest BCUT2D eigenvalue weighted by molar-refractivity contribution is 7.98. The molecule has 0 radical (unpaired) electrons. The molecule has 0 aliphatic heterocycles. The highest BCUT2D eigenvalue weighted by Gasteiger charge is 2.37. The predicted octanol–water partition coefficient (Wildman–Crippen LogP) is 6.54. The number of carbonyl (C=O) groups is 3. The zero-order chi connectivity index (χ0) is 28.8. The summed E-state index contributed by atoms with van der Waals surface area (Å²) in [5, 5.41) is 6.12. The van der Waals surface area contributed by atoms with E-state index in [2.05, 4.69) is 17.6 Å². The van der Waals surface area contributed by atoms with Crippen molar-refractivity contribution in [1.82, 2.24) is 15.5 Å². The number of benzene rings is 1. The Balaban J connectivity index is 2.45. The number of hydrogen-bond acceptors (Lipinski definition) is 5. The summed E-state index contributed by atoms with van der Waals surface area (Å²) in [4.78, 5) is 42.8. The molecule has 2 atom stereocenters. The molecule has 1 aromatic carbocycles. The Kier molecular flexibility index (Phi) is 14.2. The second kappa shape index (κ2) is 16.8. The molecule has 0 saturated heterocycles. The van der Waals surface area contributed by atoms with Gasteiger partial charge in [-0.05, 0) is 76.5 Å². The summed E-state index contributed by atoms with van der Waals surface area (Å²) in [6.45, 7) is 9.99. The summed E-state index contributed by atoms with van der Waals surface area (Å²) in [6, 6.07) is 6.39. The molecule has 1 saturated carbocycles. The van der Waals surface area contributed by atoms with Crippen molar-refractivity contribution in [2.45, 2.75) is 123 Å². The molecule has 7 nitrogen and oxygen atoms in total. The van der Waals surface area contributed by atoms with Crippen LogP contribution in [0.4, 0.5) is 4.79 Å². The molecule has 1 aromatic rings.